The molecule has 3 atom stereocenters. The van der Waals surface area contributed by atoms with Gasteiger partial charge in [-0.05, 0) is 59.9 Å². The number of nitrogens with one attached hydrogen (secondary N) is 1. The molecule has 4 aliphatic rings. The van der Waals surface area contributed by atoms with Gasteiger partial charge in [-0.2, -0.15) is 0 Å². The molecule has 3 aliphatic carbocycles. The van der Waals surface area contributed by atoms with Crippen molar-refractivity contribution in [2.75, 3.05) is 31.5 Å². The zero-order chi connectivity index (χ0) is 22.8. The van der Waals surface area contributed by atoms with Crippen LogP contribution in [0, 0.1) is 11.8 Å². The van der Waals surface area contributed by atoms with Gasteiger partial charge in [-0.1, -0.05) is 43.3 Å². The van der Waals surface area contributed by atoms with E-state index in [0.29, 0.717) is 11.8 Å². The Morgan fingerprint density at radius 1 is 1.03 bits per heavy atom. The summed E-state index contributed by atoms with van der Waals surface area (Å²) in [4.78, 5) is 2.61. The van der Waals surface area contributed by atoms with Crippen molar-refractivity contribution in [2.24, 2.45) is 11.8 Å². The Labute approximate surface area is 214 Å². The summed E-state index contributed by atoms with van der Waals surface area (Å²) in [6.07, 6.45) is 4.64. The molecule has 184 valence electrons. The highest BCUT2D eigenvalue weighted by Gasteiger charge is 2.67. The van der Waals surface area contributed by atoms with Gasteiger partial charge in [-0.3, -0.25) is 9.62 Å². The molecule has 1 aliphatic heterocycles. The predicted octanol–water partition coefficient (Wildman–Crippen LogP) is 4.56. The lowest BCUT2D eigenvalue weighted by Gasteiger charge is -2.35. The van der Waals surface area contributed by atoms with Crippen LogP contribution in [0.25, 0.3) is 0 Å². The smallest absolute Gasteiger partial charge is 0.235 e. The number of fused-ring (bicyclic) bond motifs is 2. The Bertz CT molecular complexity index is 1140. The third-order valence-electron chi connectivity index (χ3n) is 8.91. The van der Waals surface area contributed by atoms with Gasteiger partial charge in [0.25, 0.3) is 0 Å². The van der Waals surface area contributed by atoms with Crippen LogP contribution in [-0.2, 0) is 33.0 Å². The second-order valence-corrected chi connectivity index (χ2v) is 12.7. The number of anilines is 1. The molecule has 0 aromatic heterocycles. The summed E-state index contributed by atoms with van der Waals surface area (Å²) in [5.41, 5.74) is 4.93. The molecule has 1 heterocycles. The molecule has 34 heavy (non-hydrogen) atoms. The highest BCUT2D eigenvalue weighted by atomic mass is 79.9. The van der Waals surface area contributed by atoms with Crippen molar-refractivity contribution in [2.45, 2.75) is 55.3 Å². The second-order valence-electron chi connectivity index (χ2n) is 10.7. The molecule has 2 aromatic rings. The quantitative estimate of drug-likeness (QED) is 0.527. The number of hydrogen-bond acceptors (Lipinski definition) is 4. The molecule has 0 unspecified atom stereocenters. The van der Waals surface area contributed by atoms with E-state index in [0.717, 1.165) is 57.4 Å². The molecule has 3 fully saturated rings. The molecule has 7 heteroatoms. The van der Waals surface area contributed by atoms with Crippen molar-refractivity contribution in [3.63, 3.8) is 0 Å². The van der Waals surface area contributed by atoms with Crippen LogP contribution >= 0.6 is 17.0 Å². The maximum Gasteiger partial charge on any atom is 0.235 e. The minimum atomic E-state index is -3.23. The van der Waals surface area contributed by atoms with Crippen LogP contribution in [0.2, 0.25) is 0 Å². The first kappa shape index (κ1) is 24.3. The van der Waals surface area contributed by atoms with Crippen LogP contribution in [0.1, 0.15) is 42.9 Å². The number of rotatable bonds is 8. The number of likely N-dealkylation sites (tertiary alicyclic amines) is 1. The molecule has 0 spiro atoms. The third-order valence-corrected chi connectivity index (χ3v) is 10.8. The maximum absolute atomic E-state index is 12.4. The number of methoxy groups -OCH3 is 1. The van der Waals surface area contributed by atoms with Gasteiger partial charge in [0.2, 0.25) is 10.0 Å². The highest BCUT2D eigenvalue weighted by molar-refractivity contribution is 8.93. The van der Waals surface area contributed by atoms with E-state index in [2.05, 4.69) is 52.9 Å². The van der Waals surface area contributed by atoms with Crippen molar-refractivity contribution in [3.05, 3.63) is 65.2 Å². The second kappa shape index (κ2) is 8.61. The van der Waals surface area contributed by atoms with Gasteiger partial charge in [0.1, 0.15) is 0 Å². The summed E-state index contributed by atoms with van der Waals surface area (Å²) < 4.78 is 33.8. The molecule has 2 aromatic carbocycles. The van der Waals surface area contributed by atoms with E-state index < -0.39 is 10.0 Å². The van der Waals surface area contributed by atoms with Crippen molar-refractivity contribution in [3.8, 4) is 0 Å². The lowest BCUT2D eigenvalue weighted by molar-refractivity contribution is -0.0276. The third kappa shape index (κ3) is 3.93. The number of piperidine rings is 1. The fraction of sp³-hybridized carbons (Fsp3) is 0.556. The van der Waals surface area contributed by atoms with Crippen LogP contribution in [0.4, 0.5) is 5.69 Å². The normalized spacial score (nSPS) is 29.2. The van der Waals surface area contributed by atoms with E-state index in [1.165, 1.54) is 16.7 Å². The standard InChI is InChI=1S/C27H34N2O3S.BrH/c1-3-27(21-9-6-10-22(13-21)28-33(30,31)23-11-12-23)24-16-29(17-25(24)27)18-26(32-2)14-19-7-4-5-8-20(19)15-26;/h4-10,13,23-25,28H,3,11-12,14-18H2,1-2H3;1H/t24-,25+,27-;. The SMILES string of the molecule is Br.CC[C@@]1(c2cccc(NS(=O)(=O)C3CC3)c2)[C@@H]2CN(CC3(OC)Cc4ccccc4C3)C[C@@H]21. The molecule has 2 saturated carbocycles. The Balaban J connectivity index is 0.00000241. The summed E-state index contributed by atoms with van der Waals surface area (Å²) in [6, 6.07) is 16.9. The summed E-state index contributed by atoms with van der Waals surface area (Å²) in [7, 11) is -1.37. The van der Waals surface area contributed by atoms with Gasteiger partial charge < -0.3 is 4.74 Å². The number of halogens is 1. The fourth-order valence-corrected chi connectivity index (χ4v) is 8.37. The summed E-state index contributed by atoms with van der Waals surface area (Å²) in [5, 5.41) is -0.204. The maximum atomic E-state index is 12.4. The summed E-state index contributed by atoms with van der Waals surface area (Å²) >= 11 is 0. The summed E-state index contributed by atoms with van der Waals surface area (Å²) in [5.74, 6) is 1.27. The predicted molar refractivity (Wildman–Crippen MR) is 141 cm³/mol. The van der Waals surface area contributed by atoms with E-state index in [9.17, 15) is 8.42 Å². The zero-order valence-corrected chi connectivity index (χ0v) is 22.5. The van der Waals surface area contributed by atoms with Crippen molar-refractivity contribution in [1.82, 2.24) is 4.90 Å². The molecule has 1 saturated heterocycles. The molecule has 0 bridgehead atoms. The van der Waals surface area contributed by atoms with Crippen molar-refractivity contribution < 1.29 is 13.2 Å². The van der Waals surface area contributed by atoms with Crippen molar-refractivity contribution in [1.29, 1.82) is 0 Å². The number of sulfonamides is 1. The van der Waals surface area contributed by atoms with Gasteiger partial charge in [-0.25, -0.2) is 8.42 Å². The van der Waals surface area contributed by atoms with Crippen LogP contribution < -0.4 is 4.72 Å². The van der Waals surface area contributed by atoms with Gasteiger partial charge >= 0.3 is 0 Å². The Morgan fingerprint density at radius 2 is 1.68 bits per heavy atom. The molecule has 0 amide bonds. The number of ether oxygens (including phenoxy) is 1. The minimum absolute atomic E-state index is 0. The van der Waals surface area contributed by atoms with E-state index >= 15 is 0 Å². The van der Waals surface area contributed by atoms with Gasteiger partial charge in [-0.15, -0.1) is 17.0 Å². The van der Waals surface area contributed by atoms with E-state index in [1.807, 2.05) is 19.2 Å². The molecule has 0 radical (unpaired) electrons. The number of benzene rings is 2. The van der Waals surface area contributed by atoms with E-state index in [4.69, 9.17) is 4.74 Å². The first-order valence-electron chi connectivity index (χ1n) is 12.4. The topological polar surface area (TPSA) is 58.6 Å². The summed E-state index contributed by atoms with van der Waals surface area (Å²) in [6.45, 7) is 5.45. The first-order chi connectivity index (χ1) is 15.9. The van der Waals surface area contributed by atoms with Gasteiger partial charge in [0.05, 0.1) is 10.9 Å². The Morgan fingerprint density at radius 3 is 2.24 bits per heavy atom. The lowest BCUT2D eigenvalue weighted by Crippen LogP contribution is -2.46. The molecule has 5 nitrogen and oxygen atoms in total. The first-order valence-corrected chi connectivity index (χ1v) is 13.9. The molecule has 1 N–H and O–H groups in total. The highest BCUT2D eigenvalue weighted by Crippen LogP contribution is 2.65. The Kier molecular flexibility index (Phi) is 6.15. The van der Waals surface area contributed by atoms with Gasteiger partial charge in [0.15, 0.2) is 0 Å². The fourth-order valence-electron chi connectivity index (χ4n) is 6.99. The lowest BCUT2D eigenvalue weighted by atomic mass is 9.87. The zero-order valence-electron chi connectivity index (χ0n) is 20.0. The number of nitrogens with zero attached hydrogens (tertiary/aromatic N) is 1. The molecule has 6 rings (SSSR count). The van der Waals surface area contributed by atoms with Crippen LogP contribution in [-0.4, -0.2) is 50.9 Å². The Hall–Kier alpha value is -1.41. The van der Waals surface area contributed by atoms with Gasteiger partial charge in [0, 0.05) is 50.7 Å². The minimum Gasteiger partial charge on any atom is -0.376 e. The molecular weight excluding hydrogens is 512 g/mol. The number of hydrogen-bond donors (Lipinski definition) is 1. The average Bonchev–Trinajstić information content (AvgIpc) is 3.68. The van der Waals surface area contributed by atoms with Crippen LogP contribution in [0.5, 0.6) is 0 Å². The van der Waals surface area contributed by atoms with Crippen molar-refractivity contribution >= 4 is 32.7 Å². The monoisotopic (exact) mass is 546 g/mol. The van der Waals surface area contributed by atoms with Crippen LogP contribution in [0.3, 0.4) is 0 Å². The van der Waals surface area contributed by atoms with Crippen LogP contribution in [0.15, 0.2) is 48.5 Å². The van der Waals surface area contributed by atoms with E-state index in [-0.39, 0.29) is 33.2 Å². The largest absolute Gasteiger partial charge is 0.376 e. The van der Waals surface area contributed by atoms with E-state index in [1.54, 1.807) is 0 Å². The molecular formula is C27H35BrN2O3S. The average molecular weight is 548 g/mol.